The van der Waals surface area contributed by atoms with E-state index in [0.29, 0.717) is 17.1 Å². The van der Waals surface area contributed by atoms with Gasteiger partial charge in [0.25, 0.3) is 10.0 Å². The Balaban J connectivity index is 2.23. The first kappa shape index (κ1) is 18.6. The van der Waals surface area contributed by atoms with Crippen LogP contribution in [0.15, 0.2) is 47.4 Å². The van der Waals surface area contributed by atoms with Crippen molar-refractivity contribution in [1.29, 1.82) is 0 Å². The predicted molar refractivity (Wildman–Crippen MR) is 90.1 cm³/mol. The summed E-state index contributed by atoms with van der Waals surface area (Å²) in [6.45, 7) is 0. The Morgan fingerprint density at radius 1 is 1.08 bits per heavy atom. The predicted octanol–water partition coefficient (Wildman–Crippen LogP) is 1.19. The van der Waals surface area contributed by atoms with Crippen LogP contribution in [0.4, 0.5) is 5.69 Å². The molecule has 2 aromatic rings. The Morgan fingerprint density at radius 2 is 1.76 bits per heavy atom. The number of aryl methyl sites for hydroxylation is 1. The number of carboxylic acids is 1. The average Bonchev–Trinajstić information content (AvgIpc) is 2.60. The number of carboxylic acid groups (broad SMARTS) is 1. The second-order valence-electron chi connectivity index (χ2n) is 5.19. The standard InChI is InChI=1S/C17H19NO6S/c1-23-13-6-9-16(24-2)15(11-13)18-25(21,22)14-7-3-12(4-8-14)5-10-17(19)20/h3-4,6-9,11,18H,5,10H2,1-2H3,(H,19,20)/p-1. The van der Waals surface area contributed by atoms with Gasteiger partial charge in [0.2, 0.25) is 0 Å². The second-order valence-corrected chi connectivity index (χ2v) is 6.87. The molecular formula is C17H18NO6S-. The average molecular weight is 364 g/mol. The van der Waals surface area contributed by atoms with Crippen LogP contribution in [-0.2, 0) is 21.2 Å². The fourth-order valence-corrected chi connectivity index (χ4v) is 3.24. The van der Waals surface area contributed by atoms with Gasteiger partial charge in [0, 0.05) is 12.0 Å². The van der Waals surface area contributed by atoms with E-state index in [1.165, 1.54) is 32.4 Å². The van der Waals surface area contributed by atoms with Crippen molar-refractivity contribution in [3.8, 4) is 11.5 Å². The van der Waals surface area contributed by atoms with Crippen molar-refractivity contribution in [3.05, 3.63) is 48.0 Å². The summed E-state index contributed by atoms with van der Waals surface area (Å²) >= 11 is 0. The van der Waals surface area contributed by atoms with Gasteiger partial charge in [-0.25, -0.2) is 8.42 Å². The van der Waals surface area contributed by atoms with Crippen LogP contribution < -0.4 is 19.3 Å². The molecule has 0 aromatic heterocycles. The van der Waals surface area contributed by atoms with Crippen molar-refractivity contribution in [2.75, 3.05) is 18.9 Å². The SMILES string of the molecule is COc1ccc(OC)c(NS(=O)(=O)c2ccc(CCC(=O)[O-])cc2)c1. The van der Waals surface area contributed by atoms with Crippen LogP contribution in [0.1, 0.15) is 12.0 Å². The molecule has 0 amide bonds. The molecule has 0 fully saturated rings. The minimum absolute atomic E-state index is 0.0505. The minimum Gasteiger partial charge on any atom is -0.550 e. The lowest BCUT2D eigenvalue weighted by Crippen LogP contribution is -2.22. The summed E-state index contributed by atoms with van der Waals surface area (Å²) in [5.41, 5.74) is 0.963. The molecule has 0 unspecified atom stereocenters. The van der Waals surface area contributed by atoms with E-state index in [1.54, 1.807) is 24.3 Å². The van der Waals surface area contributed by atoms with Crippen LogP contribution in [0.25, 0.3) is 0 Å². The topological polar surface area (TPSA) is 105 Å². The Labute approximate surface area is 146 Å². The molecule has 2 rings (SSSR count). The Morgan fingerprint density at radius 3 is 2.32 bits per heavy atom. The number of hydrogen-bond donors (Lipinski definition) is 1. The molecule has 0 radical (unpaired) electrons. The number of benzene rings is 2. The quantitative estimate of drug-likeness (QED) is 0.754. The van der Waals surface area contributed by atoms with Gasteiger partial charge in [0.15, 0.2) is 0 Å². The van der Waals surface area contributed by atoms with Gasteiger partial charge in [0.1, 0.15) is 11.5 Å². The van der Waals surface area contributed by atoms with E-state index < -0.39 is 16.0 Å². The molecule has 0 saturated heterocycles. The van der Waals surface area contributed by atoms with Gasteiger partial charge in [-0.1, -0.05) is 12.1 Å². The van der Waals surface area contributed by atoms with E-state index in [9.17, 15) is 18.3 Å². The highest BCUT2D eigenvalue weighted by molar-refractivity contribution is 7.92. The highest BCUT2D eigenvalue weighted by atomic mass is 32.2. The highest BCUT2D eigenvalue weighted by Crippen LogP contribution is 2.30. The number of aliphatic carboxylic acids is 1. The third-order valence-corrected chi connectivity index (χ3v) is 4.88. The van der Waals surface area contributed by atoms with E-state index >= 15 is 0 Å². The van der Waals surface area contributed by atoms with Crippen molar-refractivity contribution in [1.82, 2.24) is 0 Å². The van der Waals surface area contributed by atoms with E-state index in [1.807, 2.05) is 0 Å². The molecule has 25 heavy (non-hydrogen) atoms. The molecule has 0 atom stereocenters. The first-order valence-electron chi connectivity index (χ1n) is 7.39. The zero-order chi connectivity index (χ0) is 18.4. The first-order valence-corrected chi connectivity index (χ1v) is 8.87. The summed E-state index contributed by atoms with van der Waals surface area (Å²) < 4.78 is 37.8. The number of sulfonamides is 1. The lowest BCUT2D eigenvalue weighted by molar-refractivity contribution is -0.305. The van der Waals surface area contributed by atoms with Crippen molar-refractivity contribution in [2.45, 2.75) is 17.7 Å². The molecule has 1 N–H and O–H groups in total. The van der Waals surface area contributed by atoms with Gasteiger partial charge in [-0.05, 0) is 42.7 Å². The fourth-order valence-electron chi connectivity index (χ4n) is 2.18. The molecule has 8 heteroatoms. The summed E-state index contributed by atoms with van der Waals surface area (Å²) in [5.74, 6) is -0.311. The van der Waals surface area contributed by atoms with Crippen molar-refractivity contribution in [2.24, 2.45) is 0 Å². The van der Waals surface area contributed by atoms with Crippen LogP contribution in [0, 0.1) is 0 Å². The summed E-state index contributed by atoms with van der Waals surface area (Å²) in [4.78, 5) is 10.5. The molecule has 0 saturated carbocycles. The zero-order valence-electron chi connectivity index (χ0n) is 13.8. The third-order valence-electron chi connectivity index (χ3n) is 3.50. The van der Waals surface area contributed by atoms with Gasteiger partial charge in [0.05, 0.1) is 24.8 Å². The molecule has 134 valence electrons. The van der Waals surface area contributed by atoms with Crippen LogP contribution in [0.3, 0.4) is 0 Å². The third kappa shape index (κ3) is 4.87. The summed E-state index contributed by atoms with van der Waals surface area (Å²) in [5, 5.41) is 10.5. The number of methoxy groups -OCH3 is 2. The molecule has 2 aromatic carbocycles. The molecule has 0 bridgehead atoms. The molecule has 0 heterocycles. The number of rotatable bonds is 8. The van der Waals surface area contributed by atoms with Gasteiger partial charge in [-0.15, -0.1) is 0 Å². The van der Waals surface area contributed by atoms with Crippen molar-refractivity contribution < 1.29 is 27.8 Å². The van der Waals surface area contributed by atoms with Crippen molar-refractivity contribution >= 4 is 21.7 Å². The fraction of sp³-hybridized carbons (Fsp3) is 0.235. The highest BCUT2D eigenvalue weighted by Gasteiger charge is 2.17. The van der Waals surface area contributed by atoms with Gasteiger partial charge in [-0.2, -0.15) is 0 Å². The van der Waals surface area contributed by atoms with Gasteiger partial charge in [-0.3, -0.25) is 4.72 Å². The number of ether oxygens (including phenoxy) is 2. The van der Waals surface area contributed by atoms with Gasteiger partial charge >= 0.3 is 0 Å². The van der Waals surface area contributed by atoms with Crippen molar-refractivity contribution in [3.63, 3.8) is 0 Å². The number of carbonyl (C=O) groups is 1. The van der Waals surface area contributed by atoms with Crippen LogP contribution in [0.2, 0.25) is 0 Å². The molecule has 0 spiro atoms. The van der Waals surface area contributed by atoms with E-state index in [4.69, 9.17) is 9.47 Å². The maximum Gasteiger partial charge on any atom is 0.262 e. The molecule has 0 aliphatic rings. The number of hydrogen-bond acceptors (Lipinski definition) is 6. The summed E-state index contributed by atoms with van der Waals surface area (Å²) in [6, 6.07) is 10.7. The molecule has 0 aliphatic carbocycles. The lowest BCUT2D eigenvalue weighted by atomic mass is 10.1. The first-order chi connectivity index (χ1) is 11.9. The van der Waals surface area contributed by atoms with Crippen LogP contribution >= 0.6 is 0 Å². The maximum absolute atomic E-state index is 12.5. The number of nitrogens with one attached hydrogen (secondary N) is 1. The van der Waals surface area contributed by atoms with Gasteiger partial charge < -0.3 is 19.4 Å². The van der Waals surface area contributed by atoms with E-state index in [2.05, 4.69) is 4.72 Å². The Kier molecular flexibility index (Phi) is 5.87. The largest absolute Gasteiger partial charge is 0.550 e. The van der Waals surface area contributed by atoms with Crippen LogP contribution in [-0.4, -0.2) is 28.6 Å². The van der Waals surface area contributed by atoms with Crippen LogP contribution in [0.5, 0.6) is 11.5 Å². The summed E-state index contributed by atoms with van der Waals surface area (Å²) in [7, 11) is -0.919. The monoisotopic (exact) mass is 364 g/mol. The normalized spacial score (nSPS) is 11.0. The molecule has 7 nitrogen and oxygen atoms in total. The minimum atomic E-state index is -3.83. The molecule has 0 aliphatic heterocycles. The zero-order valence-corrected chi connectivity index (χ0v) is 14.6. The second kappa shape index (κ2) is 7.89. The smallest absolute Gasteiger partial charge is 0.262 e. The number of carbonyl (C=O) groups excluding carboxylic acids is 1. The van der Waals surface area contributed by atoms with E-state index in [0.717, 1.165) is 0 Å². The summed E-state index contributed by atoms with van der Waals surface area (Å²) in [6.07, 6.45) is 0.158. The maximum atomic E-state index is 12.5. The number of anilines is 1. The lowest BCUT2D eigenvalue weighted by Gasteiger charge is -2.13. The Hall–Kier alpha value is -2.74. The molecular weight excluding hydrogens is 346 g/mol. The van der Waals surface area contributed by atoms with E-state index in [-0.39, 0.29) is 23.4 Å². The Bertz CT molecular complexity index is 846.